The number of likely N-dealkylation sites (tertiary alicyclic amines) is 1. The third-order valence-electron chi connectivity index (χ3n) is 6.78. The molecule has 1 amide bonds. The summed E-state index contributed by atoms with van der Waals surface area (Å²) < 4.78 is 0. The topological polar surface area (TPSA) is 73.4 Å². The molecule has 8 heteroatoms. The van der Waals surface area contributed by atoms with Crippen molar-refractivity contribution < 1.29 is 4.79 Å². The van der Waals surface area contributed by atoms with Crippen LogP contribution in [0.4, 0.5) is 5.82 Å². The maximum Gasteiger partial charge on any atom is 0.251 e. The van der Waals surface area contributed by atoms with E-state index in [1.807, 2.05) is 24.4 Å². The van der Waals surface area contributed by atoms with Crippen LogP contribution in [-0.4, -0.2) is 66.1 Å². The number of nitrogens with zero attached hydrogens (tertiary/aromatic N) is 4. The fraction of sp³-hybridized carbons (Fsp3) is 0.370. The van der Waals surface area contributed by atoms with Crippen LogP contribution >= 0.6 is 11.6 Å². The maximum atomic E-state index is 12.9. The van der Waals surface area contributed by atoms with Crippen molar-refractivity contribution in [3.05, 3.63) is 77.2 Å². The largest absolute Gasteiger partial charge is 0.354 e. The van der Waals surface area contributed by atoms with Gasteiger partial charge >= 0.3 is 0 Å². The fourth-order valence-corrected chi connectivity index (χ4v) is 4.99. The summed E-state index contributed by atoms with van der Waals surface area (Å²) in [6.45, 7) is 6.83. The number of benzene rings is 1. The van der Waals surface area contributed by atoms with E-state index in [0.29, 0.717) is 10.6 Å². The van der Waals surface area contributed by atoms with E-state index in [1.165, 1.54) is 5.56 Å². The molecule has 1 aromatic carbocycles. The summed E-state index contributed by atoms with van der Waals surface area (Å²) in [5.41, 5.74) is 3.57. The second kappa shape index (κ2) is 11.2. The predicted octanol–water partition coefficient (Wildman–Crippen LogP) is 3.60. The van der Waals surface area contributed by atoms with E-state index >= 15 is 0 Å². The summed E-state index contributed by atoms with van der Waals surface area (Å²) in [6, 6.07) is 13.7. The molecule has 182 valence electrons. The van der Waals surface area contributed by atoms with Crippen molar-refractivity contribution in [3.8, 4) is 11.1 Å². The van der Waals surface area contributed by atoms with Crippen LogP contribution in [0, 0.1) is 0 Å². The third-order valence-corrected chi connectivity index (χ3v) is 7.11. The minimum Gasteiger partial charge on any atom is -0.354 e. The fourth-order valence-electron chi connectivity index (χ4n) is 4.76. The van der Waals surface area contributed by atoms with Gasteiger partial charge in [-0.05, 0) is 48.7 Å². The number of hydrogen-bond acceptors (Lipinski definition) is 6. The lowest BCUT2D eigenvalue weighted by Crippen LogP contribution is -2.44. The summed E-state index contributed by atoms with van der Waals surface area (Å²) in [7, 11) is 0. The number of carbonyl (C=O) groups is 1. The zero-order chi connectivity index (χ0) is 24.0. The molecule has 0 radical (unpaired) electrons. The average Bonchev–Trinajstić information content (AvgIpc) is 2.91. The molecule has 0 saturated carbocycles. The minimum atomic E-state index is -0.0574. The van der Waals surface area contributed by atoms with Gasteiger partial charge in [-0.2, -0.15) is 0 Å². The number of halogens is 1. The third kappa shape index (κ3) is 5.99. The van der Waals surface area contributed by atoms with E-state index in [4.69, 9.17) is 16.6 Å². The molecule has 2 aromatic heterocycles. The predicted molar refractivity (Wildman–Crippen MR) is 140 cm³/mol. The van der Waals surface area contributed by atoms with Crippen molar-refractivity contribution >= 4 is 23.3 Å². The Labute approximate surface area is 211 Å². The highest BCUT2D eigenvalue weighted by Crippen LogP contribution is 2.28. The number of rotatable bonds is 6. The summed E-state index contributed by atoms with van der Waals surface area (Å²) in [5, 5.41) is 7.20. The van der Waals surface area contributed by atoms with Crippen LogP contribution in [0.5, 0.6) is 0 Å². The number of piperazine rings is 1. The lowest BCUT2D eigenvalue weighted by Gasteiger charge is -2.32. The first-order chi connectivity index (χ1) is 17.2. The number of anilines is 1. The number of aromatic nitrogens is 2. The highest BCUT2D eigenvalue weighted by molar-refractivity contribution is 6.33. The Morgan fingerprint density at radius 2 is 1.89 bits per heavy atom. The smallest absolute Gasteiger partial charge is 0.251 e. The van der Waals surface area contributed by atoms with Gasteiger partial charge in [0.05, 0.1) is 0 Å². The van der Waals surface area contributed by atoms with Crippen molar-refractivity contribution in [2.45, 2.75) is 25.4 Å². The van der Waals surface area contributed by atoms with E-state index < -0.39 is 0 Å². The monoisotopic (exact) mass is 490 g/mol. The zero-order valence-electron chi connectivity index (χ0n) is 19.8. The highest BCUT2D eigenvalue weighted by Gasteiger charge is 2.22. The summed E-state index contributed by atoms with van der Waals surface area (Å²) in [5.74, 6) is 1.00. The van der Waals surface area contributed by atoms with Crippen LogP contribution in [0.2, 0.25) is 5.02 Å². The van der Waals surface area contributed by atoms with Crippen LogP contribution in [0.3, 0.4) is 0 Å². The molecule has 2 N–H and O–H groups in total. The first-order valence-corrected chi connectivity index (χ1v) is 12.7. The van der Waals surface area contributed by atoms with E-state index in [1.54, 1.807) is 24.5 Å². The lowest BCUT2D eigenvalue weighted by atomic mass is 10.0. The van der Waals surface area contributed by atoms with Gasteiger partial charge < -0.3 is 15.5 Å². The van der Waals surface area contributed by atoms with E-state index in [9.17, 15) is 4.79 Å². The number of nitrogens with one attached hydrogen (secondary N) is 2. The van der Waals surface area contributed by atoms with Gasteiger partial charge in [-0.15, -0.1) is 0 Å². The SMILES string of the molecule is O=C(NC1CCN(Cc2ccc(N3CCNCC3)nc2)CC1)c1ccc(Cl)c(-c2cccnc2)c1. The molecule has 35 heavy (non-hydrogen) atoms. The molecule has 0 atom stereocenters. The zero-order valence-corrected chi connectivity index (χ0v) is 20.5. The molecule has 0 spiro atoms. The summed E-state index contributed by atoms with van der Waals surface area (Å²) >= 11 is 6.38. The molecule has 0 bridgehead atoms. The van der Waals surface area contributed by atoms with Gasteiger partial charge in [0.15, 0.2) is 0 Å². The van der Waals surface area contributed by atoms with Crippen molar-refractivity contribution in [2.75, 3.05) is 44.2 Å². The molecule has 2 aliphatic heterocycles. The van der Waals surface area contributed by atoms with Crippen LogP contribution in [0.1, 0.15) is 28.8 Å². The Morgan fingerprint density at radius 3 is 2.60 bits per heavy atom. The van der Waals surface area contributed by atoms with E-state index in [0.717, 1.165) is 75.6 Å². The first kappa shape index (κ1) is 23.7. The number of hydrogen-bond donors (Lipinski definition) is 2. The molecular weight excluding hydrogens is 460 g/mol. The number of pyridine rings is 2. The van der Waals surface area contributed by atoms with Crippen molar-refractivity contribution in [1.29, 1.82) is 0 Å². The molecule has 5 rings (SSSR count). The van der Waals surface area contributed by atoms with Crippen LogP contribution in [0.25, 0.3) is 11.1 Å². The molecule has 0 unspecified atom stereocenters. The second-order valence-corrected chi connectivity index (χ2v) is 9.63. The highest BCUT2D eigenvalue weighted by atomic mass is 35.5. The van der Waals surface area contributed by atoms with Crippen LogP contribution in [0.15, 0.2) is 61.1 Å². The quantitative estimate of drug-likeness (QED) is 0.550. The molecule has 2 saturated heterocycles. The molecule has 2 fully saturated rings. The molecule has 7 nitrogen and oxygen atoms in total. The number of carbonyl (C=O) groups excluding carboxylic acids is 1. The molecule has 2 aliphatic rings. The van der Waals surface area contributed by atoms with Gasteiger partial charge in [0.1, 0.15) is 5.82 Å². The molecule has 3 aromatic rings. The molecule has 4 heterocycles. The van der Waals surface area contributed by atoms with Gasteiger partial charge in [0.2, 0.25) is 0 Å². The van der Waals surface area contributed by atoms with Gasteiger partial charge in [-0.25, -0.2) is 4.98 Å². The van der Waals surface area contributed by atoms with Crippen LogP contribution in [-0.2, 0) is 6.54 Å². The van der Waals surface area contributed by atoms with E-state index in [-0.39, 0.29) is 11.9 Å². The number of piperidine rings is 1. The van der Waals surface area contributed by atoms with Crippen molar-refractivity contribution in [1.82, 2.24) is 25.5 Å². The Morgan fingerprint density at radius 1 is 1.06 bits per heavy atom. The Kier molecular flexibility index (Phi) is 7.57. The Hall–Kier alpha value is -3.00. The number of amides is 1. The minimum absolute atomic E-state index is 0.0574. The second-order valence-electron chi connectivity index (χ2n) is 9.22. The Balaban J connectivity index is 1.12. The van der Waals surface area contributed by atoms with Crippen molar-refractivity contribution in [3.63, 3.8) is 0 Å². The van der Waals surface area contributed by atoms with E-state index in [2.05, 4.69) is 37.6 Å². The Bertz CT molecular complexity index is 1130. The average molecular weight is 491 g/mol. The molecule has 0 aliphatic carbocycles. The van der Waals surface area contributed by atoms with Gasteiger partial charge in [0, 0.05) is 92.2 Å². The van der Waals surface area contributed by atoms with Gasteiger partial charge in [-0.3, -0.25) is 14.7 Å². The molecular formula is C27H31ClN6O. The summed E-state index contributed by atoms with van der Waals surface area (Å²) in [6.07, 6.45) is 7.35. The standard InChI is InChI=1S/C27H31ClN6O/c28-25-5-4-21(16-24(25)22-2-1-9-30-18-22)27(35)32-23-7-12-33(13-8-23)19-20-3-6-26(31-17-20)34-14-10-29-11-15-34/h1-6,9,16-18,23,29H,7-8,10-15,19H2,(H,32,35). The normalized spacial score (nSPS) is 17.3. The van der Waals surface area contributed by atoms with Crippen LogP contribution < -0.4 is 15.5 Å². The van der Waals surface area contributed by atoms with Gasteiger partial charge in [0.25, 0.3) is 5.91 Å². The van der Waals surface area contributed by atoms with Crippen molar-refractivity contribution in [2.24, 2.45) is 0 Å². The van der Waals surface area contributed by atoms with Gasteiger partial charge in [-0.1, -0.05) is 23.7 Å². The summed E-state index contributed by atoms with van der Waals surface area (Å²) in [4.78, 5) is 26.6. The lowest BCUT2D eigenvalue weighted by molar-refractivity contribution is 0.0909. The maximum absolute atomic E-state index is 12.9. The first-order valence-electron chi connectivity index (χ1n) is 12.3.